The number of imidazole rings is 1. The Morgan fingerprint density at radius 3 is 2.92 bits per heavy atom. The fraction of sp³-hybridized carbons (Fsp3) is 0.111. The molecule has 0 aromatic carbocycles. The largest absolute Gasteiger partial charge is 0.452 e. The average Bonchev–Trinajstić information content (AvgIpc) is 2.71. The maximum atomic E-state index is 10.4. The van der Waals surface area contributed by atoms with Crippen molar-refractivity contribution in [3.05, 3.63) is 30.4 Å². The number of carbonyl (C=O) groups excluding carboxylic acids is 1. The summed E-state index contributed by atoms with van der Waals surface area (Å²) >= 11 is 0. The van der Waals surface area contributed by atoms with Crippen LogP contribution in [-0.2, 0) is 7.05 Å². The van der Waals surface area contributed by atoms with Gasteiger partial charge in [-0.25, -0.2) is 4.98 Å². The number of furan rings is 1. The number of hydrogen-bond donors (Lipinski definition) is 0. The number of carbonyl (C=O) groups is 1. The van der Waals surface area contributed by atoms with Gasteiger partial charge in [0.05, 0.1) is 12.5 Å². The molecule has 0 radical (unpaired) electrons. The summed E-state index contributed by atoms with van der Waals surface area (Å²) in [6.07, 6.45) is 4.05. The van der Waals surface area contributed by atoms with Gasteiger partial charge >= 0.3 is 0 Å². The number of aryl methyl sites for hydroxylation is 1. The highest BCUT2D eigenvalue weighted by Gasteiger charge is 2.06. The Kier molecular flexibility index (Phi) is 1.73. The molecule has 0 fully saturated rings. The molecule has 0 aliphatic heterocycles. The second-order valence-corrected chi connectivity index (χ2v) is 2.71. The molecule has 2 heterocycles. The number of nitrogens with zero attached hydrogens (tertiary/aromatic N) is 2. The zero-order valence-corrected chi connectivity index (χ0v) is 7.10. The summed E-state index contributed by atoms with van der Waals surface area (Å²) in [6.45, 7) is 0. The van der Waals surface area contributed by atoms with Crippen molar-refractivity contribution in [2.75, 3.05) is 0 Å². The van der Waals surface area contributed by atoms with E-state index in [0.29, 0.717) is 17.8 Å². The lowest BCUT2D eigenvalue weighted by Gasteiger charge is -1.95. The van der Waals surface area contributed by atoms with Gasteiger partial charge in [-0.05, 0) is 12.1 Å². The van der Waals surface area contributed by atoms with E-state index < -0.39 is 0 Å². The van der Waals surface area contributed by atoms with Crippen LogP contribution in [0.15, 0.2) is 29.1 Å². The van der Waals surface area contributed by atoms with Crippen molar-refractivity contribution in [1.82, 2.24) is 9.55 Å². The first-order chi connectivity index (χ1) is 6.31. The molecule has 0 unspecified atom stereocenters. The third-order valence-corrected chi connectivity index (χ3v) is 1.81. The summed E-state index contributed by atoms with van der Waals surface area (Å²) in [7, 11) is 1.87. The van der Waals surface area contributed by atoms with Crippen molar-refractivity contribution < 1.29 is 9.21 Å². The van der Waals surface area contributed by atoms with Crippen molar-refractivity contribution in [3.63, 3.8) is 0 Å². The van der Waals surface area contributed by atoms with Crippen molar-refractivity contribution in [2.24, 2.45) is 7.05 Å². The molecule has 4 nitrogen and oxygen atoms in total. The normalized spacial score (nSPS) is 10.2. The van der Waals surface area contributed by atoms with Gasteiger partial charge in [-0.1, -0.05) is 0 Å². The molecule has 2 aromatic heterocycles. The second kappa shape index (κ2) is 2.90. The van der Waals surface area contributed by atoms with Gasteiger partial charge in [0.25, 0.3) is 0 Å². The average molecular weight is 176 g/mol. The van der Waals surface area contributed by atoms with Crippen LogP contribution in [0.25, 0.3) is 11.5 Å². The van der Waals surface area contributed by atoms with E-state index in [-0.39, 0.29) is 0 Å². The van der Waals surface area contributed by atoms with Crippen LogP contribution < -0.4 is 0 Å². The number of aromatic nitrogens is 2. The van der Waals surface area contributed by atoms with E-state index in [1.165, 1.54) is 0 Å². The standard InChI is InChI=1S/C9H8N2O2/c1-11-6-10-4-8(11)9-3-2-7(5-12)13-9/h2-6H,1H3. The zero-order valence-electron chi connectivity index (χ0n) is 7.10. The predicted molar refractivity (Wildman–Crippen MR) is 46.3 cm³/mol. The molecule has 13 heavy (non-hydrogen) atoms. The van der Waals surface area contributed by atoms with Crippen molar-refractivity contribution in [3.8, 4) is 11.5 Å². The van der Waals surface area contributed by atoms with Gasteiger partial charge in [-0.3, -0.25) is 4.79 Å². The molecule has 0 saturated heterocycles. The van der Waals surface area contributed by atoms with Crippen LogP contribution in [0.4, 0.5) is 0 Å². The van der Waals surface area contributed by atoms with Crippen LogP contribution in [0.1, 0.15) is 10.6 Å². The number of rotatable bonds is 2. The van der Waals surface area contributed by atoms with E-state index in [1.807, 2.05) is 11.6 Å². The quantitative estimate of drug-likeness (QED) is 0.651. The van der Waals surface area contributed by atoms with Crippen molar-refractivity contribution in [1.29, 1.82) is 0 Å². The van der Waals surface area contributed by atoms with E-state index in [1.54, 1.807) is 24.7 Å². The summed E-state index contributed by atoms with van der Waals surface area (Å²) in [5.41, 5.74) is 0.855. The molecule has 4 heteroatoms. The lowest BCUT2D eigenvalue weighted by molar-refractivity contribution is 0.110. The third-order valence-electron chi connectivity index (χ3n) is 1.81. The highest BCUT2D eigenvalue weighted by atomic mass is 16.3. The minimum Gasteiger partial charge on any atom is -0.452 e. The maximum absolute atomic E-state index is 10.4. The second-order valence-electron chi connectivity index (χ2n) is 2.71. The third kappa shape index (κ3) is 1.26. The van der Waals surface area contributed by atoms with Crippen molar-refractivity contribution in [2.45, 2.75) is 0 Å². The van der Waals surface area contributed by atoms with Gasteiger partial charge in [-0.15, -0.1) is 0 Å². The van der Waals surface area contributed by atoms with E-state index in [0.717, 1.165) is 5.69 Å². The first-order valence-corrected chi connectivity index (χ1v) is 3.83. The van der Waals surface area contributed by atoms with E-state index in [4.69, 9.17) is 4.42 Å². The maximum Gasteiger partial charge on any atom is 0.185 e. The van der Waals surface area contributed by atoms with Gasteiger partial charge in [0, 0.05) is 7.05 Å². The molecule has 2 rings (SSSR count). The Hall–Kier alpha value is -1.84. The van der Waals surface area contributed by atoms with Gasteiger partial charge in [0.15, 0.2) is 17.8 Å². The van der Waals surface area contributed by atoms with Crippen LogP contribution in [0, 0.1) is 0 Å². The van der Waals surface area contributed by atoms with Gasteiger partial charge < -0.3 is 8.98 Å². The minimum atomic E-state index is 0.330. The SMILES string of the molecule is Cn1cncc1-c1ccc(C=O)o1. The lowest BCUT2D eigenvalue weighted by Crippen LogP contribution is -1.86. The Morgan fingerprint density at radius 2 is 2.38 bits per heavy atom. The van der Waals surface area contributed by atoms with Crippen LogP contribution in [0.5, 0.6) is 0 Å². The summed E-state index contributed by atoms with van der Waals surface area (Å²) < 4.78 is 7.06. The number of hydrogen-bond acceptors (Lipinski definition) is 3. The van der Waals surface area contributed by atoms with E-state index >= 15 is 0 Å². The topological polar surface area (TPSA) is 48.0 Å². The van der Waals surface area contributed by atoms with Gasteiger partial charge in [-0.2, -0.15) is 0 Å². The summed E-state index contributed by atoms with van der Waals surface area (Å²) in [5, 5.41) is 0. The Balaban J connectivity index is 2.46. The molecule has 0 N–H and O–H groups in total. The molecule has 66 valence electrons. The molecule has 0 amide bonds. The summed E-state index contributed by atoms with van der Waals surface area (Å²) in [6, 6.07) is 3.38. The fourth-order valence-corrected chi connectivity index (χ4v) is 1.15. The van der Waals surface area contributed by atoms with Crippen LogP contribution in [0.3, 0.4) is 0 Å². The first-order valence-electron chi connectivity index (χ1n) is 3.83. The number of aldehydes is 1. The Bertz CT molecular complexity index is 428. The molecule has 0 aliphatic rings. The Morgan fingerprint density at radius 1 is 1.54 bits per heavy atom. The fourth-order valence-electron chi connectivity index (χ4n) is 1.15. The molecule has 0 atom stereocenters. The Labute approximate surface area is 74.8 Å². The van der Waals surface area contributed by atoms with Crippen LogP contribution in [-0.4, -0.2) is 15.8 Å². The molecule has 0 saturated carbocycles. The monoisotopic (exact) mass is 176 g/mol. The molecule has 0 spiro atoms. The van der Waals surface area contributed by atoms with E-state index in [2.05, 4.69) is 4.98 Å². The van der Waals surface area contributed by atoms with Gasteiger partial charge in [0.1, 0.15) is 5.69 Å². The molecular weight excluding hydrogens is 168 g/mol. The smallest absolute Gasteiger partial charge is 0.185 e. The molecular formula is C9H8N2O2. The lowest BCUT2D eigenvalue weighted by atomic mass is 10.3. The molecule has 0 aliphatic carbocycles. The summed E-state index contributed by atoms with van der Waals surface area (Å²) in [4.78, 5) is 14.3. The van der Waals surface area contributed by atoms with Gasteiger partial charge in [0.2, 0.25) is 0 Å². The van der Waals surface area contributed by atoms with E-state index in [9.17, 15) is 4.79 Å². The minimum absolute atomic E-state index is 0.330. The van der Waals surface area contributed by atoms with Crippen LogP contribution in [0.2, 0.25) is 0 Å². The molecule has 0 bridgehead atoms. The van der Waals surface area contributed by atoms with Crippen LogP contribution >= 0.6 is 0 Å². The summed E-state index contributed by atoms with van der Waals surface area (Å²) in [5.74, 6) is 0.985. The highest BCUT2D eigenvalue weighted by Crippen LogP contribution is 2.19. The predicted octanol–water partition coefficient (Wildman–Crippen LogP) is 1.49. The zero-order chi connectivity index (χ0) is 9.26. The first kappa shape index (κ1) is 7.79. The molecule has 2 aromatic rings. The van der Waals surface area contributed by atoms with Crippen molar-refractivity contribution >= 4 is 6.29 Å². The highest BCUT2D eigenvalue weighted by molar-refractivity contribution is 5.72.